The van der Waals surface area contributed by atoms with Gasteiger partial charge in [-0.15, -0.1) is 0 Å². The first-order chi connectivity index (χ1) is 12.1. The van der Waals surface area contributed by atoms with Gasteiger partial charge in [-0.05, 0) is 42.3 Å². The summed E-state index contributed by atoms with van der Waals surface area (Å²) in [5.74, 6) is 0. The Morgan fingerprint density at radius 2 is 1.81 bits per heavy atom. The van der Waals surface area contributed by atoms with Crippen molar-refractivity contribution in [3.63, 3.8) is 0 Å². The number of rotatable bonds is 3. The number of hydrogen-bond acceptors (Lipinski definition) is 2. The van der Waals surface area contributed by atoms with E-state index in [-0.39, 0.29) is 26.1 Å². The Morgan fingerprint density at radius 1 is 1.15 bits per heavy atom. The van der Waals surface area contributed by atoms with E-state index in [1.807, 2.05) is 13.0 Å². The number of hydrogen-bond donors (Lipinski definition) is 0. The summed E-state index contributed by atoms with van der Waals surface area (Å²) in [6, 6.07) is 10.9. The summed E-state index contributed by atoms with van der Waals surface area (Å²) in [6.07, 6.45) is -5.17. The van der Waals surface area contributed by atoms with Gasteiger partial charge in [0.2, 0.25) is 0 Å². The molecular weight excluding hydrogens is 454 g/mol. The lowest BCUT2D eigenvalue weighted by atomic mass is 9.86. The SMILES string of the molecule is CC(Br)c1cccc(C2=NOC(c3cc(Cl)cc(Cl)c3)(C(F)(F)F)C2)c1. The highest BCUT2D eigenvalue weighted by Gasteiger charge is 2.62. The molecule has 26 heavy (non-hydrogen) atoms. The largest absolute Gasteiger partial charge is 0.435 e. The van der Waals surface area contributed by atoms with E-state index in [2.05, 4.69) is 21.1 Å². The number of benzene rings is 2. The Hall–Kier alpha value is -1.24. The molecule has 2 unspecified atom stereocenters. The van der Waals surface area contributed by atoms with Gasteiger partial charge in [-0.3, -0.25) is 0 Å². The summed E-state index contributed by atoms with van der Waals surface area (Å²) in [6.45, 7) is 1.93. The standard InChI is InChI=1S/C18H13BrCl2F3NO/c1-10(19)11-3-2-4-12(5-11)16-9-17(26-25-16,18(22,23)24)13-6-14(20)8-15(21)7-13/h2-8,10H,9H2,1H3. The van der Waals surface area contributed by atoms with Crippen LogP contribution in [0.15, 0.2) is 47.6 Å². The summed E-state index contributed by atoms with van der Waals surface area (Å²) >= 11 is 15.3. The number of alkyl halides is 4. The van der Waals surface area contributed by atoms with Crippen LogP contribution in [-0.2, 0) is 10.4 Å². The van der Waals surface area contributed by atoms with Crippen LogP contribution in [0.5, 0.6) is 0 Å². The van der Waals surface area contributed by atoms with Crippen molar-refractivity contribution >= 4 is 44.8 Å². The van der Waals surface area contributed by atoms with Crippen LogP contribution in [0.1, 0.15) is 34.9 Å². The van der Waals surface area contributed by atoms with Crippen LogP contribution in [0.4, 0.5) is 13.2 Å². The van der Waals surface area contributed by atoms with Gasteiger partial charge in [0.1, 0.15) is 0 Å². The van der Waals surface area contributed by atoms with Gasteiger partial charge >= 0.3 is 6.18 Å². The second-order valence-corrected chi connectivity index (χ2v) is 8.28. The maximum absolute atomic E-state index is 14.0. The van der Waals surface area contributed by atoms with Gasteiger partial charge in [0.25, 0.3) is 5.60 Å². The Labute approximate surface area is 167 Å². The second kappa shape index (κ2) is 7.06. The van der Waals surface area contributed by atoms with Crippen LogP contribution in [0.3, 0.4) is 0 Å². The Bertz CT molecular complexity index is 850. The van der Waals surface area contributed by atoms with Crippen LogP contribution in [-0.4, -0.2) is 11.9 Å². The fraction of sp³-hybridized carbons (Fsp3) is 0.278. The first kappa shape index (κ1) is 19.5. The van der Waals surface area contributed by atoms with Crippen LogP contribution in [0.25, 0.3) is 0 Å². The molecule has 0 bridgehead atoms. The topological polar surface area (TPSA) is 21.6 Å². The Balaban J connectivity index is 2.02. The lowest BCUT2D eigenvalue weighted by Crippen LogP contribution is -2.42. The predicted octanol–water partition coefficient (Wildman–Crippen LogP) is 7.03. The number of halogens is 6. The monoisotopic (exact) mass is 465 g/mol. The summed E-state index contributed by atoms with van der Waals surface area (Å²) in [4.78, 5) is 5.06. The van der Waals surface area contributed by atoms with Crippen LogP contribution >= 0.6 is 39.1 Å². The van der Waals surface area contributed by atoms with Gasteiger partial charge in [0.15, 0.2) is 0 Å². The van der Waals surface area contributed by atoms with E-state index in [4.69, 9.17) is 28.0 Å². The zero-order chi connectivity index (χ0) is 19.1. The minimum Gasteiger partial charge on any atom is -0.374 e. The lowest BCUT2D eigenvalue weighted by molar-refractivity contribution is -0.275. The normalized spacial score (nSPS) is 21.3. The molecule has 0 aliphatic carbocycles. The van der Waals surface area contributed by atoms with Crippen molar-refractivity contribution in [1.29, 1.82) is 0 Å². The molecule has 8 heteroatoms. The molecule has 2 aromatic carbocycles. The molecule has 1 heterocycles. The highest BCUT2D eigenvalue weighted by Crippen LogP contribution is 2.49. The molecule has 2 nitrogen and oxygen atoms in total. The number of nitrogens with zero attached hydrogens (tertiary/aromatic N) is 1. The molecule has 0 N–H and O–H groups in total. The zero-order valence-electron chi connectivity index (χ0n) is 13.4. The molecule has 0 radical (unpaired) electrons. The third kappa shape index (κ3) is 3.59. The fourth-order valence-electron chi connectivity index (χ4n) is 2.81. The average molecular weight is 467 g/mol. The van der Waals surface area contributed by atoms with E-state index >= 15 is 0 Å². The molecule has 2 atom stereocenters. The first-order valence-electron chi connectivity index (χ1n) is 7.65. The maximum atomic E-state index is 14.0. The molecule has 3 rings (SSSR count). The van der Waals surface area contributed by atoms with Gasteiger partial charge in [-0.2, -0.15) is 13.2 Å². The summed E-state index contributed by atoms with van der Waals surface area (Å²) < 4.78 is 41.9. The molecule has 0 amide bonds. The van der Waals surface area contributed by atoms with Crippen molar-refractivity contribution in [2.75, 3.05) is 0 Å². The van der Waals surface area contributed by atoms with Crippen LogP contribution in [0, 0.1) is 0 Å². The van der Waals surface area contributed by atoms with Gasteiger partial charge in [-0.25, -0.2) is 0 Å². The molecule has 0 spiro atoms. The van der Waals surface area contributed by atoms with E-state index in [9.17, 15) is 13.2 Å². The molecule has 0 aromatic heterocycles. The molecule has 0 fully saturated rings. The lowest BCUT2D eigenvalue weighted by Gasteiger charge is -2.29. The second-order valence-electron chi connectivity index (χ2n) is 6.03. The highest BCUT2D eigenvalue weighted by molar-refractivity contribution is 9.09. The molecule has 138 valence electrons. The van der Waals surface area contributed by atoms with Gasteiger partial charge < -0.3 is 4.84 Å². The first-order valence-corrected chi connectivity index (χ1v) is 9.32. The fourth-order valence-corrected chi connectivity index (χ4v) is 3.62. The zero-order valence-corrected chi connectivity index (χ0v) is 16.5. The number of oxime groups is 1. The quantitative estimate of drug-likeness (QED) is 0.445. The van der Waals surface area contributed by atoms with E-state index in [1.54, 1.807) is 18.2 Å². The van der Waals surface area contributed by atoms with E-state index in [1.165, 1.54) is 18.2 Å². The minimum absolute atomic E-state index is 0.0597. The van der Waals surface area contributed by atoms with Crippen molar-refractivity contribution in [3.8, 4) is 0 Å². The summed E-state index contributed by atoms with van der Waals surface area (Å²) in [7, 11) is 0. The van der Waals surface area contributed by atoms with Crippen molar-refractivity contribution in [1.82, 2.24) is 0 Å². The molecule has 2 aromatic rings. The average Bonchev–Trinajstić information content (AvgIpc) is 3.00. The molecule has 0 saturated carbocycles. The Kier molecular flexibility index (Phi) is 5.30. The predicted molar refractivity (Wildman–Crippen MR) is 100 cm³/mol. The molecule has 1 aliphatic heterocycles. The van der Waals surface area contributed by atoms with Crippen LogP contribution < -0.4 is 0 Å². The van der Waals surface area contributed by atoms with Crippen molar-refractivity contribution in [3.05, 3.63) is 69.2 Å². The highest BCUT2D eigenvalue weighted by atomic mass is 79.9. The van der Waals surface area contributed by atoms with E-state index < -0.39 is 18.2 Å². The Morgan fingerprint density at radius 3 is 2.38 bits per heavy atom. The smallest absolute Gasteiger partial charge is 0.374 e. The van der Waals surface area contributed by atoms with E-state index in [0.717, 1.165) is 5.56 Å². The van der Waals surface area contributed by atoms with Crippen LogP contribution in [0.2, 0.25) is 10.0 Å². The van der Waals surface area contributed by atoms with Gasteiger partial charge in [-0.1, -0.05) is 62.5 Å². The van der Waals surface area contributed by atoms with Gasteiger partial charge in [0.05, 0.1) is 5.71 Å². The van der Waals surface area contributed by atoms with Gasteiger partial charge in [0, 0.05) is 26.9 Å². The third-order valence-corrected chi connectivity index (χ3v) is 5.16. The molecule has 1 aliphatic rings. The molecular formula is C18H13BrCl2F3NO. The van der Waals surface area contributed by atoms with Crippen molar-refractivity contribution < 1.29 is 18.0 Å². The summed E-state index contributed by atoms with van der Waals surface area (Å²) in [5, 5.41) is 3.96. The maximum Gasteiger partial charge on any atom is 0.435 e. The summed E-state index contributed by atoms with van der Waals surface area (Å²) in [5.41, 5.74) is -1.07. The molecule has 0 saturated heterocycles. The minimum atomic E-state index is -4.70. The third-order valence-electron chi connectivity index (χ3n) is 4.19. The van der Waals surface area contributed by atoms with Crippen molar-refractivity contribution in [2.45, 2.75) is 29.9 Å². The van der Waals surface area contributed by atoms with Crippen molar-refractivity contribution in [2.24, 2.45) is 5.16 Å². The van der Waals surface area contributed by atoms with E-state index in [0.29, 0.717) is 5.56 Å².